The van der Waals surface area contributed by atoms with Crippen LogP contribution in [-0.2, 0) is 13.0 Å². The highest BCUT2D eigenvalue weighted by molar-refractivity contribution is 5.82. The Labute approximate surface area is 174 Å². The van der Waals surface area contributed by atoms with Crippen LogP contribution in [0, 0.1) is 16.0 Å². The topological polar surface area (TPSA) is 146 Å². The first kappa shape index (κ1) is 20.0. The fraction of sp³-hybridized carbons (Fsp3) is 0.381. The molecule has 0 aliphatic heterocycles. The van der Waals surface area contributed by atoms with Gasteiger partial charge in [0.25, 0.3) is 0 Å². The summed E-state index contributed by atoms with van der Waals surface area (Å²) in [4.78, 5) is 24.1. The van der Waals surface area contributed by atoms with Crippen LogP contribution in [0.15, 0.2) is 36.5 Å². The van der Waals surface area contributed by atoms with Crippen molar-refractivity contribution < 1.29 is 4.92 Å². The molecule has 1 aromatic carbocycles. The third kappa shape index (κ3) is 4.30. The van der Waals surface area contributed by atoms with E-state index in [1.54, 1.807) is 6.20 Å². The Morgan fingerprint density at radius 1 is 1.13 bits per heavy atom. The summed E-state index contributed by atoms with van der Waals surface area (Å²) in [6.45, 7) is 0.456. The molecule has 0 unspecified atom stereocenters. The maximum Gasteiger partial charge on any atom is 0.332 e. The number of rotatable bonds is 6. The molecular weight excluding hydrogens is 382 g/mol. The molecule has 0 bridgehead atoms. The molecule has 156 valence electrons. The molecule has 1 aliphatic rings. The van der Waals surface area contributed by atoms with Gasteiger partial charge in [-0.3, -0.25) is 15.1 Å². The first-order valence-electron chi connectivity index (χ1n) is 10.1. The van der Waals surface area contributed by atoms with Crippen molar-refractivity contribution in [2.45, 2.75) is 44.7 Å². The fourth-order valence-corrected chi connectivity index (χ4v) is 4.10. The van der Waals surface area contributed by atoms with Crippen LogP contribution in [0.2, 0.25) is 0 Å². The van der Waals surface area contributed by atoms with Gasteiger partial charge < -0.3 is 16.8 Å². The minimum atomic E-state index is -0.487. The van der Waals surface area contributed by atoms with Crippen molar-refractivity contribution in [3.05, 3.63) is 57.9 Å². The van der Waals surface area contributed by atoms with Gasteiger partial charge in [-0.2, -0.15) is 4.98 Å². The summed E-state index contributed by atoms with van der Waals surface area (Å²) in [5.74, 6) is 0.496. The molecule has 3 aromatic rings. The van der Waals surface area contributed by atoms with E-state index in [4.69, 9.17) is 11.5 Å². The average molecular weight is 407 g/mol. The zero-order chi connectivity index (χ0) is 21.1. The van der Waals surface area contributed by atoms with Gasteiger partial charge in [0.15, 0.2) is 0 Å². The SMILES string of the molecule is Nc1nc(NCc2cccc3ncccc23)nc(CC2CCC(N)CC2)c1[N+](=O)[O-]. The Bertz CT molecular complexity index is 1060. The van der Waals surface area contributed by atoms with Gasteiger partial charge in [0.2, 0.25) is 11.8 Å². The standard InChI is InChI=1S/C21H25N7O2/c22-15-8-6-13(7-9-15)11-18-19(28(29)30)20(23)27-21(26-18)25-12-14-3-1-5-17-16(14)4-2-10-24-17/h1-5,10,13,15H,6-9,11-12,22H2,(H3,23,25,26,27). The third-order valence-electron chi connectivity index (χ3n) is 5.71. The van der Waals surface area contributed by atoms with Gasteiger partial charge in [0.05, 0.1) is 10.4 Å². The molecule has 4 rings (SSSR count). The predicted molar refractivity (Wildman–Crippen MR) is 116 cm³/mol. The summed E-state index contributed by atoms with van der Waals surface area (Å²) in [7, 11) is 0. The molecule has 1 saturated carbocycles. The fourth-order valence-electron chi connectivity index (χ4n) is 4.10. The number of anilines is 2. The monoisotopic (exact) mass is 407 g/mol. The number of fused-ring (bicyclic) bond motifs is 1. The molecule has 1 fully saturated rings. The molecule has 9 nitrogen and oxygen atoms in total. The second-order valence-electron chi connectivity index (χ2n) is 7.81. The number of hydrogen-bond acceptors (Lipinski definition) is 8. The van der Waals surface area contributed by atoms with Crippen molar-refractivity contribution in [3.63, 3.8) is 0 Å². The van der Waals surface area contributed by atoms with Gasteiger partial charge in [0, 0.05) is 24.2 Å². The molecule has 9 heteroatoms. The van der Waals surface area contributed by atoms with Crippen molar-refractivity contribution >= 4 is 28.4 Å². The van der Waals surface area contributed by atoms with Crippen LogP contribution in [0.5, 0.6) is 0 Å². The molecular formula is C21H25N7O2. The second kappa shape index (κ2) is 8.58. The molecule has 0 atom stereocenters. The number of benzene rings is 1. The van der Waals surface area contributed by atoms with Crippen LogP contribution in [0.4, 0.5) is 17.5 Å². The van der Waals surface area contributed by atoms with E-state index in [9.17, 15) is 10.1 Å². The molecule has 0 spiro atoms. The van der Waals surface area contributed by atoms with Crippen LogP contribution < -0.4 is 16.8 Å². The zero-order valence-corrected chi connectivity index (χ0v) is 16.6. The van der Waals surface area contributed by atoms with Crippen LogP contribution in [0.3, 0.4) is 0 Å². The predicted octanol–water partition coefficient (Wildman–Crippen LogP) is 3.19. The summed E-state index contributed by atoms with van der Waals surface area (Å²) < 4.78 is 0. The molecule has 0 amide bonds. The minimum Gasteiger partial charge on any atom is -0.378 e. The van der Waals surface area contributed by atoms with E-state index in [0.717, 1.165) is 42.1 Å². The lowest BCUT2D eigenvalue weighted by Crippen LogP contribution is -2.27. The molecule has 0 saturated heterocycles. The molecule has 2 aromatic heterocycles. The summed E-state index contributed by atoms with van der Waals surface area (Å²) in [5, 5.41) is 15.8. The number of nitrogens with two attached hydrogens (primary N) is 2. The van der Waals surface area contributed by atoms with Crippen molar-refractivity contribution in [2.24, 2.45) is 11.7 Å². The van der Waals surface area contributed by atoms with E-state index in [2.05, 4.69) is 20.3 Å². The smallest absolute Gasteiger partial charge is 0.332 e. The van der Waals surface area contributed by atoms with Crippen molar-refractivity contribution in [3.8, 4) is 0 Å². The van der Waals surface area contributed by atoms with E-state index < -0.39 is 4.92 Å². The Morgan fingerprint density at radius 2 is 1.93 bits per heavy atom. The Balaban J connectivity index is 1.57. The number of nitrogens with zero attached hydrogens (tertiary/aromatic N) is 4. The Hall–Kier alpha value is -3.33. The lowest BCUT2D eigenvalue weighted by Gasteiger charge is -2.25. The van der Waals surface area contributed by atoms with E-state index >= 15 is 0 Å². The normalized spacial score (nSPS) is 19.0. The first-order valence-corrected chi connectivity index (χ1v) is 10.1. The lowest BCUT2D eigenvalue weighted by molar-refractivity contribution is -0.385. The highest BCUT2D eigenvalue weighted by Gasteiger charge is 2.27. The number of nitrogen functional groups attached to an aromatic ring is 1. The molecule has 2 heterocycles. The number of aromatic nitrogens is 3. The molecule has 30 heavy (non-hydrogen) atoms. The van der Waals surface area contributed by atoms with E-state index in [1.807, 2.05) is 30.3 Å². The van der Waals surface area contributed by atoms with E-state index in [1.165, 1.54) is 0 Å². The quantitative estimate of drug-likeness (QED) is 0.417. The Morgan fingerprint density at radius 3 is 2.70 bits per heavy atom. The van der Waals surface area contributed by atoms with Crippen LogP contribution in [0.25, 0.3) is 10.9 Å². The average Bonchev–Trinajstić information content (AvgIpc) is 2.73. The van der Waals surface area contributed by atoms with Crippen molar-refractivity contribution in [1.29, 1.82) is 0 Å². The molecule has 1 aliphatic carbocycles. The number of nitro groups is 1. The number of pyridine rings is 1. The lowest BCUT2D eigenvalue weighted by atomic mass is 9.83. The minimum absolute atomic E-state index is 0.111. The Kier molecular flexibility index (Phi) is 5.71. The highest BCUT2D eigenvalue weighted by Crippen LogP contribution is 2.32. The molecule has 0 radical (unpaired) electrons. The second-order valence-corrected chi connectivity index (χ2v) is 7.81. The van der Waals surface area contributed by atoms with Crippen molar-refractivity contribution in [1.82, 2.24) is 15.0 Å². The van der Waals surface area contributed by atoms with E-state index in [-0.39, 0.29) is 17.5 Å². The van der Waals surface area contributed by atoms with Gasteiger partial charge in [-0.25, -0.2) is 4.98 Å². The molecule has 5 N–H and O–H groups in total. The van der Waals surface area contributed by atoms with Gasteiger partial charge >= 0.3 is 5.69 Å². The number of nitrogens with one attached hydrogen (secondary N) is 1. The van der Waals surface area contributed by atoms with Crippen LogP contribution in [-0.4, -0.2) is 25.9 Å². The van der Waals surface area contributed by atoms with Gasteiger partial charge in [-0.05, 0) is 55.7 Å². The maximum atomic E-state index is 11.6. The first-order chi connectivity index (χ1) is 14.5. The third-order valence-corrected chi connectivity index (χ3v) is 5.71. The zero-order valence-electron chi connectivity index (χ0n) is 16.6. The summed E-state index contributed by atoms with van der Waals surface area (Å²) in [5.41, 5.74) is 14.1. The van der Waals surface area contributed by atoms with E-state index in [0.29, 0.717) is 30.5 Å². The van der Waals surface area contributed by atoms with Crippen LogP contribution in [0.1, 0.15) is 36.9 Å². The highest BCUT2D eigenvalue weighted by atomic mass is 16.6. The number of hydrogen-bond donors (Lipinski definition) is 3. The summed E-state index contributed by atoms with van der Waals surface area (Å²) in [6.07, 6.45) is 5.99. The van der Waals surface area contributed by atoms with Crippen molar-refractivity contribution in [2.75, 3.05) is 11.1 Å². The maximum absolute atomic E-state index is 11.6. The summed E-state index contributed by atoms with van der Waals surface area (Å²) >= 11 is 0. The van der Waals surface area contributed by atoms with Gasteiger partial charge in [0.1, 0.15) is 5.69 Å². The van der Waals surface area contributed by atoms with Gasteiger partial charge in [-0.1, -0.05) is 18.2 Å². The van der Waals surface area contributed by atoms with Crippen LogP contribution >= 0.6 is 0 Å². The van der Waals surface area contributed by atoms with Gasteiger partial charge in [-0.15, -0.1) is 0 Å². The summed E-state index contributed by atoms with van der Waals surface area (Å²) in [6, 6.07) is 10.0. The largest absolute Gasteiger partial charge is 0.378 e.